The molecule has 0 spiro atoms. The monoisotopic (exact) mass is 523 g/mol. The second kappa shape index (κ2) is 21.9. The van der Waals surface area contributed by atoms with Crippen LogP contribution < -0.4 is 10.6 Å². The van der Waals surface area contributed by atoms with Gasteiger partial charge in [0.15, 0.2) is 12.1 Å². The molecule has 1 amide bonds. The lowest BCUT2D eigenvalue weighted by Gasteiger charge is -2.18. The summed E-state index contributed by atoms with van der Waals surface area (Å²) >= 11 is 0. The summed E-state index contributed by atoms with van der Waals surface area (Å²) in [5.41, 5.74) is 3.35. The topological polar surface area (TPSA) is 78.5 Å². The van der Waals surface area contributed by atoms with Crippen molar-refractivity contribution in [1.29, 1.82) is 0 Å². The molecular formula is C32H49N3O3. The van der Waals surface area contributed by atoms with Gasteiger partial charge in [0, 0.05) is 30.3 Å². The van der Waals surface area contributed by atoms with Crippen LogP contribution in [0.15, 0.2) is 66.8 Å². The summed E-state index contributed by atoms with van der Waals surface area (Å²) in [6, 6.07) is 7.52. The molecule has 0 fully saturated rings. The molecule has 0 radical (unpaired) electrons. The summed E-state index contributed by atoms with van der Waals surface area (Å²) < 4.78 is 0. The van der Waals surface area contributed by atoms with Crippen molar-refractivity contribution in [3.8, 4) is 0 Å². The summed E-state index contributed by atoms with van der Waals surface area (Å²) in [4.78, 5) is 36.4. The number of ketones is 1. The van der Waals surface area contributed by atoms with Gasteiger partial charge in [-0.05, 0) is 78.2 Å². The number of likely N-dealkylation sites (N-methyl/N-ethyl adjacent to an activating group) is 1. The quantitative estimate of drug-likeness (QED) is 0.0839. The maximum Gasteiger partial charge on any atom is 0.254 e. The highest BCUT2D eigenvalue weighted by atomic mass is 16.2. The molecule has 6 heteroatoms. The number of unbranched alkanes of at least 4 members (excludes halogenated alkanes) is 2. The van der Waals surface area contributed by atoms with E-state index in [0.717, 1.165) is 55.7 Å². The summed E-state index contributed by atoms with van der Waals surface area (Å²) in [6.07, 6.45) is 11.2. The third kappa shape index (κ3) is 14.6. The van der Waals surface area contributed by atoms with E-state index >= 15 is 0 Å². The standard InChI is InChI=1S/C21H37N3O2.C11H12O/c1-5-8-13-22-14-9-10-15-23-16-11-17-24(4)21(26)20(7-3)19(18-25)12-6-2;1-8(2)10-6-4-5-7-11(10)9(3)12/h6-7,12,18,22-23H,3,5,8-11,13-17H2,1-2,4H3;4-7H,1H2,2-3H3/b12-6-,20-19-;. The van der Waals surface area contributed by atoms with Crippen molar-refractivity contribution in [1.82, 2.24) is 15.5 Å². The number of aldehydes is 1. The van der Waals surface area contributed by atoms with Gasteiger partial charge in [0.05, 0.1) is 0 Å². The predicted molar refractivity (Wildman–Crippen MR) is 161 cm³/mol. The van der Waals surface area contributed by atoms with Gasteiger partial charge in [-0.1, -0.05) is 74.6 Å². The van der Waals surface area contributed by atoms with Gasteiger partial charge < -0.3 is 15.5 Å². The molecule has 1 rings (SSSR count). The van der Waals surface area contributed by atoms with Crippen LogP contribution >= 0.6 is 0 Å². The lowest BCUT2D eigenvalue weighted by Crippen LogP contribution is -2.31. The second-order valence-electron chi connectivity index (χ2n) is 9.21. The molecule has 0 bridgehead atoms. The van der Waals surface area contributed by atoms with Gasteiger partial charge in [-0.15, -0.1) is 0 Å². The molecule has 1 aromatic carbocycles. The number of carbonyl (C=O) groups is 3. The highest BCUT2D eigenvalue weighted by Gasteiger charge is 2.15. The first-order chi connectivity index (χ1) is 18.2. The largest absolute Gasteiger partial charge is 0.342 e. The Morgan fingerprint density at radius 3 is 1.95 bits per heavy atom. The van der Waals surface area contributed by atoms with E-state index in [-0.39, 0.29) is 11.7 Å². The number of hydrogen-bond donors (Lipinski definition) is 2. The van der Waals surface area contributed by atoms with E-state index in [9.17, 15) is 14.4 Å². The zero-order valence-corrected chi connectivity index (χ0v) is 24.3. The highest BCUT2D eigenvalue weighted by molar-refractivity contribution is 6.02. The number of hydrogen-bond acceptors (Lipinski definition) is 5. The summed E-state index contributed by atoms with van der Waals surface area (Å²) in [5, 5.41) is 6.85. The van der Waals surface area contributed by atoms with E-state index in [1.165, 1.54) is 25.3 Å². The highest BCUT2D eigenvalue weighted by Crippen LogP contribution is 2.17. The SMILES string of the molecule is C=C(C)c1ccccc1C(C)=O.C=C/C(C(=O)N(C)CCCNCCCCNCCCC)=C(C=O)\C=C/C. The summed E-state index contributed by atoms with van der Waals surface area (Å²) in [6.45, 7) is 19.7. The molecule has 6 nitrogen and oxygen atoms in total. The Bertz CT molecular complexity index is 914. The fourth-order valence-electron chi connectivity index (χ4n) is 3.66. The number of amides is 1. The third-order valence-electron chi connectivity index (χ3n) is 5.84. The molecule has 0 aliphatic carbocycles. The van der Waals surface area contributed by atoms with Crippen molar-refractivity contribution >= 4 is 23.5 Å². The fourth-order valence-corrected chi connectivity index (χ4v) is 3.66. The lowest BCUT2D eigenvalue weighted by atomic mass is 10.00. The van der Waals surface area contributed by atoms with Crippen LogP contribution in [0.2, 0.25) is 0 Å². The Hall–Kier alpha value is -3.09. The third-order valence-corrected chi connectivity index (χ3v) is 5.84. The Balaban J connectivity index is 0.000000942. The zero-order valence-electron chi connectivity index (χ0n) is 24.3. The molecule has 0 aromatic heterocycles. The maximum atomic E-state index is 12.4. The van der Waals surface area contributed by atoms with Crippen molar-refractivity contribution in [3.63, 3.8) is 0 Å². The van der Waals surface area contributed by atoms with Gasteiger partial charge in [-0.25, -0.2) is 0 Å². The van der Waals surface area contributed by atoms with Crippen LogP contribution in [0.3, 0.4) is 0 Å². The maximum absolute atomic E-state index is 12.4. The smallest absolute Gasteiger partial charge is 0.254 e. The molecule has 2 N–H and O–H groups in total. The zero-order chi connectivity index (χ0) is 28.8. The summed E-state index contributed by atoms with van der Waals surface area (Å²) in [5.74, 6) is -0.0769. The van der Waals surface area contributed by atoms with Crippen molar-refractivity contribution in [2.75, 3.05) is 39.8 Å². The Morgan fingerprint density at radius 1 is 0.947 bits per heavy atom. The lowest BCUT2D eigenvalue weighted by molar-refractivity contribution is -0.125. The van der Waals surface area contributed by atoms with Crippen LogP contribution in [0, 0.1) is 0 Å². The van der Waals surface area contributed by atoms with E-state index < -0.39 is 0 Å². The average Bonchev–Trinajstić information content (AvgIpc) is 2.91. The number of nitrogens with one attached hydrogen (secondary N) is 2. The van der Waals surface area contributed by atoms with E-state index in [1.807, 2.05) is 38.1 Å². The van der Waals surface area contributed by atoms with Gasteiger partial charge >= 0.3 is 0 Å². The van der Waals surface area contributed by atoms with Crippen molar-refractivity contribution in [2.24, 2.45) is 0 Å². The molecule has 38 heavy (non-hydrogen) atoms. The van der Waals surface area contributed by atoms with Crippen LogP contribution in [0.25, 0.3) is 5.57 Å². The second-order valence-corrected chi connectivity index (χ2v) is 9.21. The van der Waals surface area contributed by atoms with Gasteiger partial charge in [-0.3, -0.25) is 14.4 Å². The van der Waals surface area contributed by atoms with Crippen molar-refractivity contribution in [2.45, 2.75) is 59.8 Å². The van der Waals surface area contributed by atoms with Crippen LogP contribution in [-0.4, -0.2) is 62.6 Å². The molecule has 0 saturated carbocycles. The molecule has 0 aliphatic heterocycles. The van der Waals surface area contributed by atoms with Crippen LogP contribution in [0.5, 0.6) is 0 Å². The molecule has 210 valence electrons. The number of carbonyl (C=O) groups excluding carboxylic acids is 3. The number of Topliss-reactive ketones (excluding diaryl/α,β-unsaturated/α-hetero) is 1. The first-order valence-electron chi connectivity index (χ1n) is 13.6. The van der Waals surface area contributed by atoms with Crippen LogP contribution in [0.1, 0.15) is 75.7 Å². The molecule has 0 aliphatic rings. The van der Waals surface area contributed by atoms with Crippen LogP contribution in [-0.2, 0) is 9.59 Å². The minimum atomic E-state index is -0.168. The molecule has 0 atom stereocenters. The van der Waals surface area contributed by atoms with E-state index in [2.05, 4.69) is 30.7 Å². The minimum absolute atomic E-state index is 0.0913. The van der Waals surface area contributed by atoms with Gasteiger partial charge in [0.1, 0.15) is 0 Å². The number of allylic oxidation sites excluding steroid dienone is 4. The average molecular weight is 524 g/mol. The van der Waals surface area contributed by atoms with Gasteiger partial charge in [-0.2, -0.15) is 0 Å². The number of rotatable bonds is 18. The minimum Gasteiger partial charge on any atom is -0.342 e. The Labute approximate surface area is 231 Å². The van der Waals surface area contributed by atoms with Crippen molar-refractivity contribution in [3.05, 3.63) is 77.9 Å². The summed E-state index contributed by atoms with van der Waals surface area (Å²) in [7, 11) is 1.76. The van der Waals surface area contributed by atoms with Crippen molar-refractivity contribution < 1.29 is 14.4 Å². The first-order valence-corrected chi connectivity index (χ1v) is 13.6. The van der Waals surface area contributed by atoms with E-state index in [4.69, 9.17) is 0 Å². The molecule has 0 heterocycles. The van der Waals surface area contributed by atoms with E-state index in [0.29, 0.717) is 24.0 Å². The Morgan fingerprint density at radius 2 is 1.50 bits per heavy atom. The molecule has 0 unspecified atom stereocenters. The molecule has 0 saturated heterocycles. The van der Waals surface area contributed by atoms with Crippen LogP contribution in [0.4, 0.5) is 0 Å². The Kier molecular flexibility index (Phi) is 20.2. The fraction of sp³-hybridized carbons (Fsp3) is 0.469. The van der Waals surface area contributed by atoms with Gasteiger partial charge in [0.2, 0.25) is 0 Å². The first kappa shape index (κ1) is 34.9. The van der Waals surface area contributed by atoms with E-state index in [1.54, 1.807) is 31.0 Å². The normalized spacial score (nSPS) is 11.3. The molecular weight excluding hydrogens is 474 g/mol. The molecule has 1 aromatic rings. The van der Waals surface area contributed by atoms with Gasteiger partial charge in [0.25, 0.3) is 5.91 Å². The number of nitrogens with zero attached hydrogens (tertiary/aromatic N) is 1. The number of benzene rings is 1. The predicted octanol–water partition coefficient (Wildman–Crippen LogP) is 5.77.